The lowest BCUT2D eigenvalue weighted by Gasteiger charge is -2.16. The van der Waals surface area contributed by atoms with Crippen LogP contribution < -0.4 is 11.1 Å². The van der Waals surface area contributed by atoms with Crippen molar-refractivity contribution in [3.05, 3.63) is 83.9 Å². The predicted octanol–water partition coefficient (Wildman–Crippen LogP) is 3.45. The maximum Gasteiger partial charge on any atom is 0.252 e. The Kier molecular flexibility index (Phi) is 5.64. The third-order valence-electron chi connectivity index (χ3n) is 4.48. The zero-order valence-corrected chi connectivity index (χ0v) is 14.5. The summed E-state index contributed by atoms with van der Waals surface area (Å²) in [5.74, 6) is -0.781. The number of rotatable bonds is 7. The van der Waals surface area contributed by atoms with E-state index in [9.17, 15) is 9.59 Å². The van der Waals surface area contributed by atoms with Crippen molar-refractivity contribution in [2.45, 2.75) is 25.3 Å². The summed E-state index contributed by atoms with van der Waals surface area (Å²) in [7, 11) is 0. The molecule has 0 heterocycles. The summed E-state index contributed by atoms with van der Waals surface area (Å²) in [6, 6.07) is 22.6. The van der Waals surface area contributed by atoms with E-state index in [1.807, 2.05) is 66.7 Å². The molecule has 0 aliphatic heterocycles. The van der Waals surface area contributed by atoms with Crippen LogP contribution in [0.4, 0.5) is 0 Å². The molecular formula is C22H22N2O2. The Morgan fingerprint density at radius 3 is 2.35 bits per heavy atom. The van der Waals surface area contributed by atoms with Gasteiger partial charge in [0.15, 0.2) is 0 Å². The Labute approximate surface area is 153 Å². The second kappa shape index (κ2) is 8.30. The van der Waals surface area contributed by atoms with Crippen molar-refractivity contribution in [1.29, 1.82) is 0 Å². The van der Waals surface area contributed by atoms with Gasteiger partial charge in [-0.2, -0.15) is 0 Å². The molecule has 3 N–H and O–H groups in total. The number of hydrogen-bond acceptors (Lipinski definition) is 2. The van der Waals surface area contributed by atoms with E-state index in [1.165, 1.54) is 5.56 Å². The zero-order chi connectivity index (χ0) is 18.4. The first kappa shape index (κ1) is 17.7. The lowest BCUT2D eigenvalue weighted by molar-refractivity contribution is -0.120. The molecule has 4 heteroatoms. The Hall–Kier alpha value is -3.14. The van der Waals surface area contributed by atoms with Crippen LogP contribution in [0.15, 0.2) is 72.8 Å². The van der Waals surface area contributed by atoms with Gasteiger partial charge in [0.25, 0.3) is 5.91 Å². The second-order valence-electron chi connectivity index (χ2n) is 6.33. The Balaban J connectivity index is 1.67. The molecule has 0 aliphatic carbocycles. The van der Waals surface area contributed by atoms with Gasteiger partial charge in [-0.3, -0.25) is 9.59 Å². The summed E-state index contributed by atoms with van der Waals surface area (Å²) < 4.78 is 0. The van der Waals surface area contributed by atoms with Crippen LogP contribution in [-0.2, 0) is 11.2 Å². The van der Waals surface area contributed by atoms with Crippen LogP contribution in [0.25, 0.3) is 10.8 Å². The zero-order valence-electron chi connectivity index (χ0n) is 14.5. The summed E-state index contributed by atoms with van der Waals surface area (Å²) in [4.78, 5) is 24.5. The average Bonchev–Trinajstić information content (AvgIpc) is 2.67. The first-order chi connectivity index (χ1) is 12.6. The molecule has 0 saturated carbocycles. The molecule has 0 radical (unpaired) electrons. The monoisotopic (exact) mass is 346 g/mol. The topological polar surface area (TPSA) is 72.2 Å². The fourth-order valence-electron chi connectivity index (χ4n) is 3.10. The smallest absolute Gasteiger partial charge is 0.252 e. The van der Waals surface area contributed by atoms with Gasteiger partial charge in [-0.1, -0.05) is 66.7 Å². The summed E-state index contributed by atoms with van der Waals surface area (Å²) in [5.41, 5.74) is 7.26. The minimum atomic E-state index is -0.676. The molecular weight excluding hydrogens is 324 g/mol. The predicted molar refractivity (Wildman–Crippen MR) is 104 cm³/mol. The summed E-state index contributed by atoms with van der Waals surface area (Å²) in [6.45, 7) is 0. The van der Waals surface area contributed by atoms with Crippen molar-refractivity contribution < 1.29 is 9.59 Å². The lowest BCUT2D eigenvalue weighted by Crippen LogP contribution is -2.44. The largest absolute Gasteiger partial charge is 0.368 e. The molecule has 0 bridgehead atoms. The number of fused-ring (bicyclic) bond motifs is 1. The van der Waals surface area contributed by atoms with E-state index < -0.39 is 11.9 Å². The van der Waals surface area contributed by atoms with Gasteiger partial charge >= 0.3 is 0 Å². The molecule has 0 unspecified atom stereocenters. The summed E-state index contributed by atoms with van der Waals surface area (Å²) >= 11 is 0. The number of carbonyl (C=O) groups is 2. The number of carbonyl (C=O) groups excluding carboxylic acids is 2. The van der Waals surface area contributed by atoms with Gasteiger partial charge in [0.1, 0.15) is 6.04 Å². The van der Waals surface area contributed by atoms with Crippen LogP contribution in [-0.4, -0.2) is 17.9 Å². The van der Waals surface area contributed by atoms with E-state index in [2.05, 4.69) is 5.32 Å². The van der Waals surface area contributed by atoms with E-state index >= 15 is 0 Å². The molecule has 3 rings (SSSR count). The number of nitrogens with one attached hydrogen (secondary N) is 1. The van der Waals surface area contributed by atoms with Crippen LogP contribution in [0, 0.1) is 0 Å². The Bertz CT molecular complexity index is 901. The molecule has 0 fully saturated rings. The van der Waals surface area contributed by atoms with Crippen molar-refractivity contribution in [1.82, 2.24) is 5.32 Å². The average molecular weight is 346 g/mol. The molecule has 132 valence electrons. The quantitative estimate of drug-likeness (QED) is 0.688. The molecule has 2 amide bonds. The first-order valence-electron chi connectivity index (χ1n) is 8.77. The van der Waals surface area contributed by atoms with Crippen molar-refractivity contribution in [2.24, 2.45) is 5.73 Å². The standard InChI is InChI=1S/C22H22N2O2/c23-21(25)20(15-6-10-16-8-2-1-3-9-16)24-22(26)19-14-7-12-17-11-4-5-13-18(17)19/h1-5,7-9,11-14,20H,6,10,15H2,(H2,23,25)(H,24,26)/t20-/m0/s1. The minimum Gasteiger partial charge on any atom is -0.368 e. The van der Waals surface area contributed by atoms with E-state index in [1.54, 1.807) is 6.07 Å². The maximum absolute atomic E-state index is 12.7. The van der Waals surface area contributed by atoms with Crippen LogP contribution in [0.1, 0.15) is 28.8 Å². The maximum atomic E-state index is 12.7. The lowest BCUT2D eigenvalue weighted by atomic mass is 10.0. The number of nitrogens with two attached hydrogens (primary N) is 1. The SMILES string of the molecule is NC(=O)[C@H](CCCc1ccccc1)NC(=O)c1cccc2ccccc12. The van der Waals surface area contributed by atoms with Gasteiger partial charge in [0.05, 0.1) is 0 Å². The first-order valence-corrected chi connectivity index (χ1v) is 8.77. The number of hydrogen-bond donors (Lipinski definition) is 2. The van der Waals surface area contributed by atoms with Crippen molar-refractivity contribution in [3.63, 3.8) is 0 Å². The van der Waals surface area contributed by atoms with Crippen LogP contribution in [0.2, 0.25) is 0 Å². The highest BCUT2D eigenvalue weighted by Gasteiger charge is 2.19. The van der Waals surface area contributed by atoms with Crippen LogP contribution >= 0.6 is 0 Å². The highest BCUT2D eigenvalue weighted by atomic mass is 16.2. The number of amides is 2. The number of benzene rings is 3. The van der Waals surface area contributed by atoms with Gasteiger partial charge in [0, 0.05) is 5.56 Å². The van der Waals surface area contributed by atoms with Crippen LogP contribution in [0.3, 0.4) is 0 Å². The van der Waals surface area contributed by atoms with E-state index in [4.69, 9.17) is 5.73 Å². The molecule has 1 atom stereocenters. The van der Waals surface area contributed by atoms with E-state index in [0.717, 1.165) is 23.6 Å². The second-order valence-corrected chi connectivity index (χ2v) is 6.33. The summed E-state index contributed by atoms with van der Waals surface area (Å²) in [6.07, 6.45) is 2.13. The minimum absolute atomic E-state index is 0.273. The Morgan fingerprint density at radius 1 is 0.885 bits per heavy atom. The fourth-order valence-corrected chi connectivity index (χ4v) is 3.10. The molecule has 26 heavy (non-hydrogen) atoms. The highest BCUT2D eigenvalue weighted by molar-refractivity contribution is 6.08. The molecule has 0 aromatic heterocycles. The van der Waals surface area contributed by atoms with Gasteiger partial charge < -0.3 is 11.1 Å². The van der Waals surface area contributed by atoms with Gasteiger partial charge in [-0.05, 0) is 41.7 Å². The number of primary amides is 1. The van der Waals surface area contributed by atoms with Crippen molar-refractivity contribution in [2.75, 3.05) is 0 Å². The Morgan fingerprint density at radius 2 is 1.58 bits per heavy atom. The van der Waals surface area contributed by atoms with E-state index in [0.29, 0.717) is 12.0 Å². The molecule has 4 nitrogen and oxygen atoms in total. The number of aryl methyl sites for hydroxylation is 1. The third-order valence-corrected chi connectivity index (χ3v) is 4.48. The molecule has 0 aliphatic rings. The third kappa shape index (κ3) is 4.28. The molecule has 3 aromatic rings. The molecule has 3 aromatic carbocycles. The van der Waals surface area contributed by atoms with Crippen LogP contribution in [0.5, 0.6) is 0 Å². The van der Waals surface area contributed by atoms with Gasteiger partial charge in [0.2, 0.25) is 5.91 Å². The van der Waals surface area contributed by atoms with Gasteiger partial charge in [-0.25, -0.2) is 0 Å². The normalized spacial score (nSPS) is 11.8. The van der Waals surface area contributed by atoms with Crippen molar-refractivity contribution in [3.8, 4) is 0 Å². The highest BCUT2D eigenvalue weighted by Crippen LogP contribution is 2.18. The van der Waals surface area contributed by atoms with E-state index in [-0.39, 0.29) is 5.91 Å². The molecule has 0 saturated heterocycles. The van der Waals surface area contributed by atoms with Gasteiger partial charge in [-0.15, -0.1) is 0 Å². The fraction of sp³-hybridized carbons (Fsp3) is 0.182. The molecule has 0 spiro atoms. The van der Waals surface area contributed by atoms with Crippen molar-refractivity contribution >= 4 is 22.6 Å². The summed E-state index contributed by atoms with van der Waals surface area (Å²) in [5, 5.41) is 4.64.